The van der Waals surface area contributed by atoms with E-state index in [0.717, 1.165) is 0 Å². The van der Waals surface area contributed by atoms with E-state index in [-0.39, 0.29) is 43.7 Å². The number of halogens is 1. The van der Waals surface area contributed by atoms with Crippen LogP contribution < -0.4 is 4.74 Å². The number of amides is 1. The molecule has 2 fully saturated rings. The largest absolute Gasteiger partial charge is 0.497 e. The molecule has 2 atom stereocenters. The number of carbonyl (C=O) groups excluding carboxylic acids is 1. The van der Waals surface area contributed by atoms with Crippen molar-refractivity contribution in [2.45, 2.75) is 56.9 Å². The molecule has 2 saturated heterocycles. The molecule has 2 aliphatic rings. The minimum atomic E-state index is -1.39. The summed E-state index contributed by atoms with van der Waals surface area (Å²) in [5.74, 6) is -0.0104. The molecule has 6 nitrogen and oxygen atoms in total. The third kappa shape index (κ3) is 3.64. The van der Waals surface area contributed by atoms with E-state index in [9.17, 15) is 14.3 Å². The molecule has 1 aromatic rings. The predicted molar refractivity (Wildman–Crippen MR) is 92.6 cm³/mol. The summed E-state index contributed by atoms with van der Waals surface area (Å²) in [4.78, 5) is 14.3. The van der Waals surface area contributed by atoms with Gasteiger partial charge in [-0.15, -0.1) is 0 Å². The zero-order valence-electron chi connectivity index (χ0n) is 15.6. The average Bonchev–Trinajstić information content (AvgIpc) is 2.52. The van der Waals surface area contributed by atoms with Gasteiger partial charge >= 0.3 is 6.09 Å². The predicted octanol–water partition coefficient (Wildman–Crippen LogP) is 2.82. The summed E-state index contributed by atoms with van der Waals surface area (Å²) in [6.07, 6.45) is -0.0800. The van der Waals surface area contributed by atoms with Crippen LogP contribution in [0.4, 0.5) is 9.18 Å². The number of carbonyl (C=O) groups is 1. The number of hydrogen-bond donors (Lipinski definition) is 1. The van der Waals surface area contributed by atoms with E-state index in [1.807, 2.05) is 20.8 Å². The van der Waals surface area contributed by atoms with Gasteiger partial charge in [0.1, 0.15) is 17.2 Å². The summed E-state index contributed by atoms with van der Waals surface area (Å²) >= 11 is 0. The van der Waals surface area contributed by atoms with Crippen LogP contribution >= 0.6 is 0 Å². The molecular formula is C19H26FNO5. The first-order valence-corrected chi connectivity index (χ1v) is 8.78. The van der Waals surface area contributed by atoms with Crippen molar-refractivity contribution >= 4 is 6.09 Å². The van der Waals surface area contributed by atoms with Gasteiger partial charge in [0, 0.05) is 18.4 Å². The fourth-order valence-corrected chi connectivity index (χ4v) is 3.80. The zero-order chi connectivity index (χ0) is 19.1. The highest BCUT2D eigenvalue weighted by molar-refractivity contribution is 5.69. The second-order valence-corrected chi connectivity index (χ2v) is 8.02. The van der Waals surface area contributed by atoms with Gasteiger partial charge in [0.05, 0.1) is 38.0 Å². The van der Waals surface area contributed by atoms with Crippen LogP contribution in [-0.2, 0) is 15.1 Å². The maximum atomic E-state index is 14.4. The van der Waals surface area contributed by atoms with Crippen LogP contribution in [0, 0.1) is 5.82 Å². The maximum Gasteiger partial charge on any atom is 0.410 e. The van der Waals surface area contributed by atoms with E-state index in [4.69, 9.17) is 14.2 Å². The number of benzene rings is 1. The van der Waals surface area contributed by atoms with Gasteiger partial charge in [-0.05, 0) is 39.0 Å². The molecule has 2 aliphatic heterocycles. The minimum Gasteiger partial charge on any atom is -0.497 e. The summed E-state index contributed by atoms with van der Waals surface area (Å²) in [5, 5.41) is 11.3. The van der Waals surface area contributed by atoms with E-state index in [1.165, 1.54) is 25.3 Å². The van der Waals surface area contributed by atoms with Gasteiger partial charge in [-0.2, -0.15) is 0 Å². The summed E-state index contributed by atoms with van der Waals surface area (Å²) in [5.41, 5.74) is -1.81. The smallest absolute Gasteiger partial charge is 0.410 e. The summed E-state index contributed by atoms with van der Waals surface area (Å²) in [6.45, 7) is 5.99. The fourth-order valence-electron chi connectivity index (χ4n) is 3.80. The Morgan fingerprint density at radius 1 is 1.31 bits per heavy atom. The van der Waals surface area contributed by atoms with Crippen molar-refractivity contribution in [3.05, 3.63) is 29.6 Å². The summed E-state index contributed by atoms with van der Waals surface area (Å²) in [6, 6.07) is 3.57. The molecule has 1 aromatic carbocycles. The number of nitrogens with zero attached hydrogens (tertiary/aromatic N) is 1. The third-order valence-electron chi connectivity index (χ3n) is 4.83. The lowest BCUT2D eigenvalue weighted by Gasteiger charge is -2.51. The van der Waals surface area contributed by atoms with Gasteiger partial charge in [-0.1, -0.05) is 0 Å². The molecular weight excluding hydrogens is 341 g/mol. The normalized spacial score (nSPS) is 28.6. The van der Waals surface area contributed by atoms with Crippen LogP contribution in [0.3, 0.4) is 0 Å². The molecule has 1 amide bonds. The number of ether oxygens (including phenoxy) is 3. The highest BCUT2D eigenvalue weighted by Gasteiger charge is 2.50. The molecule has 1 N–H and O–H groups in total. The molecule has 7 heteroatoms. The van der Waals surface area contributed by atoms with Gasteiger partial charge in [0.15, 0.2) is 0 Å². The van der Waals surface area contributed by atoms with E-state index in [1.54, 1.807) is 4.90 Å². The van der Waals surface area contributed by atoms with Crippen molar-refractivity contribution in [1.82, 2.24) is 4.90 Å². The van der Waals surface area contributed by atoms with Gasteiger partial charge in [-0.25, -0.2) is 9.18 Å². The highest BCUT2D eigenvalue weighted by Crippen LogP contribution is 2.43. The van der Waals surface area contributed by atoms with Crippen LogP contribution in [0.1, 0.15) is 39.2 Å². The summed E-state index contributed by atoms with van der Waals surface area (Å²) in [7, 11) is 1.49. The Hall–Kier alpha value is -1.86. The van der Waals surface area contributed by atoms with Crippen LogP contribution in [-0.4, -0.2) is 54.1 Å². The Labute approximate surface area is 152 Å². The Morgan fingerprint density at radius 2 is 1.92 bits per heavy atom. The highest BCUT2D eigenvalue weighted by atomic mass is 19.1. The number of rotatable bonds is 2. The monoisotopic (exact) mass is 367 g/mol. The number of aliphatic hydroxyl groups is 1. The molecule has 0 spiro atoms. The standard InChI is InChI=1S/C19H26FNO5/c1-18(2,3)26-17(22)21-12-8-19(23,9-13(21)11-25-10-12)15-7-14(24-4)5-6-16(15)20/h5-7,12-13,23H,8-11H2,1-4H3. The quantitative estimate of drug-likeness (QED) is 0.871. The molecule has 2 heterocycles. The van der Waals surface area contributed by atoms with Crippen LogP contribution in [0.15, 0.2) is 18.2 Å². The number of hydrogen-bond acceptors (Lipinski definition) is 5. The third-order valence-corrected chi connectivity index (χ3v) is 4.83. The van der Waals surface area contributed by atoms with Crippen LogP contribution in [0.25, 0.3) is 0 Å². The van der Waals surface area contributed by atoms with Gasteiger partial charge in [-0.3, -0.25) is 4.90 Å². The van der Waals surface area contributed by atoms with Crippen molar-refractivity contribution in [2.75, 3.05) is 20.3 Å². The van der Waals surface area contributed by atoms with E-state index in [2.05, 4.69) is 0 Å². The zero-order valence-corrected chi connectivity index (χ0v) is 15.6. The van der Waals surface area contributed by atoms with E-state index < -0.39 is 23.1 Å². The van der Waals surface area contributed by atoms with Crippen LogP contribution in [0.5, 0.6) is 5.75 Å². The van der Waals surface area contributed by atoms with Gasteiger partial charge in [0.2, 0.25) is 0 Å². The van der Waals surface area contributed by atoms with Crippen LogP contribution in [0.2, 0.25) is 0 Å². The molecule has 144 valence electrons. The second kappa shape index (κ2) is 6.70. The number of fused-ring (bicyclic) bond motifs is 2. The Morgan fingerprint density at radius 3 is 2.46 bits per heavy atom. The Bertz CT molecular complexity index is 673. The van der Waals surface area contributed by atoms with Crippen molar-refractivity contribution in [2.24, 2.45) is 0 Å². The maximum absolute atomic E-state index is 14.4. The lowest BCUT2D eigenvalue weighted by atomic mass is 9.76. The number of morpholine rings is 1. The first-order chi connectivity index (χ1) is 12.1. The SMILES string of the molecule is COc1ccc(F)c(C2(O)CC3COCC(C2)N3C(=O)OC(C)(C)C)c1. The van der Waals surface area contributed by atoms with Crippen molar-refractivity contribution in [3.63, 3.8) is 0 Å². The Balaban J connectivity index is 1.88. The minimum absolute atomic E-state index is 0.173. The lowest BCUT2D eigenvalue weighted by Crippen LogP contribution is -2.63. The summed E-state index contributed by atoms with van der Waals surface area (Å²) < 4.78 is 30.7. The molecule has 0 aromatic heterocycles. The number of piperidine rings is 1. The Kier molecular flexibility index (Phi) is 4.88. The van der Waals surface area contributed by atoms with Gasteiger partial charge in [0.25, 0.3) is 0 Å². The van der Waals surface area contributed by atoms with E-state index in [0.29, 0.717) is 5.75 Å². The first-order valence-electron chi connectivity index (χ1n) is 8.78. The van der Waals surface area contributed by atoms with Crippen molar-refractivity contribution in [3.8, 4) is 5.75 Å². The van der Waals surface area contributed by atoms with E-state index >= 15 is 0 Å². The molecule has 0 aliphatic carbocycles. The molecule has 2 bridgehead atoms. The molecule has 3 rings (SSSR count). The lowest BCUT2D eigenvalue weighted by molar-refractivity contribution is -0.142. The van der Waals surface area contributed by atoms with Gasteiger partial charge < -0.3 is 19.3 Å². The molecule has 26 heavy (non-hydrogen) atoms. The second-order valence-electron chi connectivity index (χ2n) is 8.02. The first kappa shape index (κ1) is 18.9. The fraction of sp³-hybridized carbons (Fsp3) is 0.632. The van der Waals surface area contributed by atoms with Crippen molar-refractivity contribution < 1.29 is 28.5 Å². The van der Waals surface area contributed by atoms with Crippen molar-refractivity contribution in [1.29, 1.82) is 0 Å². The topological polar surface area (TPSA) is 68.2 Å². The molecule has 0 saturated carbocycles. The average molecular weight is 367 g/mol. The molecule has 0 radical (unpaired) electrons. The molecule has 2 unspecified atom stereocenters. The number of methoxy groups -OCH3 is 1.